The van der Waals surface area contributed by atoms with Gasteiger partial charge < -0.3 is 15.0 Å². The fourth-order valence-corrected chi connectivity index (χ4v) is 2.82. The molecule has 8 nitrogen and oxygen atoms in total. The first-order chi connectivity index (χ1) is 12.5. The molecule has 0 bridgehead atoms. The number of hydrogen-bond donors (Lipinski definition) is 1. The van der Waals surface area contributed by atoms with Crippen LogP contribution in [0.1, 0.15) is 16.8 Å². The Hall–Kier alpha value is -3.42. The van der Waals surface area contributed by atoms with Gasteiger partial charge in [0.25, 0.3) is 11.6 Å². The Morgan fingerprint density at radius 2 is 1.85 bits per heavy atom. The lowest BCUT2D eigenvalue weighted by Crippen LogP contribution is -2.37. The Morgan fingerprint density at radius 3 is 2.42 bits per heavy atom. The molecule has 0 aliphatic carbocycles. The van der Waals surface area contributed by atoms with Crippen LogP contribution in [-0.4, -0.2) is 36.4 Å². The first kappa shape index (κ1) is 17.4. The molecule has 26 heavy (non-hydrogen) atoms. The minimum atomic E-state index is -0.524. The minimum absolute atomic E-state index is 0.0795. The summed E-state index contributed by atoms with van der Waals surface area (Å²) in [6.45, 7) is 0.365. The molecule has 0 unspecified atom stereocenters. The first-order valence-corrected chi connectivity index (χ1v) is 7.97. The van der Waals surface area contributed by atoms with Crippen molar-refractivity contribution in [2.24, 2.45) is 0 Å². The number of nitrogens with one attached hydrogen (secondary N) is 1. The van der Waals surface area contributed by atoms with E-state index in [-0.39, 0.29) is 30.0 Å². The summed E-state index contributed by atoms with van der Waals surface area (Å²) in [7, 11) is 1.57. The van der Waals surface area contributed by atoms with Gasteiger partial charge in [0.05, 0.1) is 18.1 Å². The van der Waals surface area contributed by atoms with Crippen LogP contribution in [0.25, 0.3) is 0 Å². The molecule has 1 aliphatic rings. The van der Waals surface area contributed by atoms with E-state index in [4.69, 9.17) is 4.74 Å². The van der Waals surface area contributed by atoms with E-state index in [0.717, 1.165) is 5.69 Å². The van der Waals surface area contributed by atoms with Crippen LogP contribution in [-0.2, 0) is 4.79 Å². The zero-order valence-corrected chi connectivity index (χ0v) is 14.0. The number of carbonyl (C=O) groups excluding carboxylic acids is 2. The second-order valence-electron chi connectivity index (χ2n) is 5.88. The van der Waals surface area contributed by atoms with Gasteiger partial charge in [-0.3, -0.25) is 19.7 Å². The van der Waals surface area contributed by atoms with Crippen molar-refractivity contribution in [2.45, 2.75) is 12.5 Å². The molecule has 2 amide bonds. The van der Waals surface area contributed by atoms with Gasteiger partial charge in [-0.1, -0.05) is 0 Å². The van der Waals surface area contributed by atoms with Gasteiger partial charge >= 0.3 is 0 Å². The molecular formula is C18H17N3O5. The normalized spacial score (nSPS) is 16.4. The number of hydrogen-bond acceptors (Lipinski definition) is 5. The summed E-state index contributed by atoms with van der Waals surface area (Å²) in [5.41, 5.74) is 0.970. The van der Waals surface area contributed by atoms with E-state index in [2.05, 4.69) is 5.32 Å². The average molecular weight is 355 g/mol. The zero-order chi connectivity index (χ0) is 18.7. The van der Waals surface area contributed by atoms with E-state index < -0.39 is 4.92 Å². The highest BCUT2D eigenvalue weighted by Gasteiger charge is 2.31. The molecule has 1 N–H and O–H groups in total. The molecule has 3 rings (SSSR count). The Morgan fingerprint density at radius 1 is 1.19 bits per heavy atom. The number of amides is 2. The van der Waals surface area contributed by atoms with E-state index in [9.17, 15) is 19.7 Å². The number of benzene rings is 2. The summed E-state index contributed by atoms with van der Waals surface area (Å²) in [6, 6.07) is 12.1. The third kappa shape index (κ3) is 3.64. The fraction of sp³-hybridized carbons (Fsp3) is 0.222. The molecule has 0 radical (unpaired) electrons. The van der Waals surface area contributed by atoms with Gasteiger partial charge in [0.1, 0.15) is 5.75 Å². The van der Waals surface area contributed by atoms with E-state index in [1.807, 2.05) is 0 Å². The molecular weight excluding hydrogens is 338 g/mol. The Bertz CT molecular complexity index is 833. The van der Waals surface area contributed by atoms with Crippen LogP contribution >= 0.6 is 0 Å². The maximum absolute atomic E-state index is 12.3. The number of nitrogens with zero attached hydrogens (tertiary/aromatic N) is 2. The smallest absolute Gasteiger partial charge is 0.269 e. The van der Waals surface area contributed by atoms with E-state index >= 15 is 0 Å². The number of anilines is 1. The Kier molecular flexibility index (Phi) is 4.83. The number of rotatable bonds is 5. The Labute approximate surface area is 149 Å². The summed E-state index contributed by atoms with van der Waals surface area (Å²) >= 11 is 0. The SMILES string of the molecule is COc1ccc(N2C[C@H](NC(=O)c3ccc([N+](=O)[O-])cc3)CC2=O)cc1. The standard InChI is InChI=1S/C18H17N3O5/c1-26-16-8-6-14(7-9-16)20-11-13(10-17(20)22)19-18(23)12-2-4-15(5-3-12)21(24)25/h2-9,13H,10-11H2,1H3,(H,19,23)/t13-/m1/s1. The number of carbonyl (C=O) groups is 2. The highest BCUT2D eigenvalue weighted by Crippen LogP contribution is 2.24. The fourth-order valence-electron chi connectivity index (χ4n) is 2.82. The van der Waals surface area contributed by atoms with Crippen molar-refractivity contribution in [1.29, 1.82) is 0 Å². The van der Waals surface area contributed by atoms with Crippen molar-refractivity contribution in [3.05, 3.63) is 64.2 Å². The average Bonchev–Trinajstić information content (AvgIpc) is 3.02. The van der Waals surface area contributed by atoms with Crippen LogP contribution in [0.4, 0.5) is 11.4 Å². The third-order valence-electron chi connectivity index (χ3n) is 4.18. The lowest BCUT2D eigenvalue weighted by atomic mass is 10.1. The van der Waals surface area contributed by atoms with Crippen molar-refractivity contribution >= 4 is 23.2 Å². The quantitative estimate of drug-likeness (QED) is 0.654. The minimum Gasteiger partial charge on any atom is -0.497 e. The van der Waals surface area contributed by atoms with Gasteiger partial charge in [0, 0.05) is 36.3 Å². The molecule has 8 heteroatoms. The molecule has 1 aliphatic heterocycles. The number of ether oxygens (including phenoxy) is 1. The van der Waals surface area contributed by atoms with E-state index in [1.54, 1.807) is 36.3 Å². The van der Waals surface area contributed by atoms with Crippen LogP contribution in [0.5, 0.6) is 5.75 Å². The topological polar surface area (TPSA) is 102 Å². The van der Waals surface area contributed by atoms with Crippen molar-refractivity contribution in [3.63, 3.8) is 0 Å². The van der Waals surface area contributed by atoms with Crippen molar-refractivity contribution < 1.29 is 19.2 Å². The highest BCUT2D eigenvalue weighted by molar-refractivity contribution is 5.99. The maximum atomic E-state index is 12.3. The van der Waals surface area contributed by atoms with Crippen LogP contribution in [0.2, 0.25) is 0 Å². The van der Waals surface area contributed by atoms with Gasteiger partial charge in [0.2, 0.25) is 5.91 Å². The maximum Gasteiger partial charge on any atom is 0.269 e. The monoisotopic (exact) mass is 355 g/mol. The van der Waals surface area contributed by atoms with Gasteiger partial charge in [-0.15, -0.1) is 0 Å². The highest BCUT2D eigenvalue weighted by atomic mass is 16.6. The summed E-state index contributed by atoms with van der Waals surface area (Å²) in [5.74, 6) is 0.252. The summed E-state index contributed by atoms with van der Waals surface area (Å²) < 4.78 is 5.10. The van der Waals surface area contributed by atoms with E-state index in [0.29, 0.717) is 17.9 Å². The second kappa shape index (κ2) is 7.22. The molecule has 1 atom stereocenters. The van der Waals surface area contributed by atoms with E-state index in [1.165, 1.54) is 24.3 Å². The largest absolute Gasteiger partial charge is 0.497 e. The molecule has 0 saturated carbocycles. The summed E-state index contributed by atoms with van der Waals surface area (Å²) in [4.78, 5) is 36.3. The van der Waals surface area contributed by atoms with Gasteiger partial charge in [-0.25, -0.2) is 0 Å². The third-order valence-corrected chi connectivity index (χ3v) is 4.18. The van der Waals surface area contributed by atoms with Crippen molar-refractivity contribution in [1.82, 2.24) is 5.32 Å². The molecule has 2 aromatic carbocycles. The molecule has 0 spiro atoms. The molecule has 134 valence electrons. The predicted octanol–water partition coefficient (Wildman–Crippen LogP) is 2.14. The van der Waals surface area contributed by atoms with Crippen molar-refractivity contribution in [2.75, 3.05) is 18.6 Å². The molecule has 0 aromatic heterocycles. The molecule has 1 fully saturated rings. The lowest BCUT2D eigenvalue weighted by Gasteiger charge is -2.17. The van der Waals surface area contributed by atoms with Gasteiger partial charge in [0.15, 0.2) is 0 Å². The number of methoxy groups -OCH3 is 1. The first-order valence-electron chi connectivity index (χ1n) is 7.97. The van der Waals surface area contributed by atoms with Crippen LogP contribution < -0.4 is 15.0 Å². The summed E-state index contributed by atoms with van der Waals surface area (Å²) in [6.07, 6.45) is 0.199. The predicted molar refractivity (Wildman–Crippen MR) is 94.3 cm³/mol. The zero-order valence-electron chi connectivity index (χ0n) is 14.0. The Balaban J connectivity index is 1.64. The van der Waals surface area contributed by atoms with Crippen LogP contribution in [0.3, 0.4) is 0 Å². The number of non-ortho nitro benzene ring substituents is 1. The van der Waals surface area contributed by atoms with Crippen molar-refractivity contribution in [3.8, 4) is 5.75 Å². The number of nitro groups is 1. The number of nitro benzene ring substituents is 1. The summed E-state index contributed by atoms with van der Waals surface area (Å²) in [5, 5.41) is 13.5. The van der Waals surface area contributed by atoms with Crippen LogP contribution in [0, 0.1) is 10.1 Å². The lowest BCUT2D eigenvalue weighted by molar-refractivity contribution is -0.384. The second-order valence-corrected chi connectivity index (χ2v) is 5.88. The van der Waals surface area contributed by atoms with Gasteiger partial charge in [-0.2, -0.15) is 0 Å². The molecule has 2 aromatic rings. The molecule has 1 heterocycles. The van der Waals surface area contributed by atoms with Crippen LogP contribution in [0.15, 0.2) is 48.5 Å². The molecule has 1 saturated heterocycles. The van der Waals surface area contributed by atoms with Gasteiger partial charge in [-0.05, 0) is 36.4 Å².